The molecule has 0 spiro atoms. The van der Waals surface area contributed by atoms with E-state index >= 15 is 0 Å². The fourth-order valence-electron chi connectivity index (χ4n) is 2.44. The fourth-order valence-corrected chi connectivity index (χ4v) is 3.57. The largest absolute Gasteiger partial charge is 0.380 e. The first-order chi connectivity index (χ1) is 11.2. The molecule has 23 heavy (non-hydrogen) atoms. The van der Waals surface area contributed by atoms with E-state index in [0.29, 0.717) is 19.8 Å². The number of carbonyl (C=O) groups excluding carboxylic acids is 1. The van der Waals surface area contributed by atoms with Crippen molar-refractivity contribution in [2.75, 3.05) is 26.4 Å². The van der Waals surface area contributed by atoms with Crippen LogP contribution in [0.2, 0.25) is 0 Å². The molecule has 1 fully saturated rings. The molecule has 0 amide bonds. The van der Waals surface area contributed by atoms with Crippen LogP contribution in [0.25, 0.3) is 0 Å². The van der Waals surface area contributed by atoms with E-state index in [2.05, 4.69) is 20.8 Å². The zero-order valence-corrected chi connectivity index (χ0v) is 15.9. The molecule has 0 unspecified atom stereocenters. The van der Waals surface area contributed by atoms with Gasteiger partial charge in [0.25, 0.3) is 0 Å². The summed E-state index contributed by atoms with van der Waals surface area (Å²) < 4.78 is 17.5. The molecule has 0 saturated carbocycles. The van der Waals surface area contributed by atoms with Gasteiger partial charge < -0.3 is 14.2 Å². The Balaban J connectivity index is 2.48. The molecule has 1 heterocycles. The number of rotatable bonds is 13. The molecule has 1 saturated heterocycles. The summed E-state index contributed by atoms with van der Waals surface area (Å²) in [5, 5.41) is 0.301. The number of unbranched alkanes of at least 4 members (excludes halogenated alkanes) is 3. The predicted octanol–water partition coefficient (Wildman–Crippen LogP) is 4.21. The summed E-state index contributed by atoms with van der Waals surface area (Å²) in [5.74, 6) is 0. The van der Waals surface area contributed by atoms with Gasteiger partial charge in [-0.25, -0.2) is 0 Å². The molecule has 0 aromatic heterocycles. The molecule has 1 aliphatic rings. The second kappa shape index (κ2) is 13.2. The summed E-state index contributed by atoms with van der Waals surface area (Å²) in [6.45, 7) is 9.17. The van der Waals surface area contributed by atoms with Gasteiger partial charge in [0.15, 0.2) is 6.10 Å². The van der Waals surface area contributed by atoms with Crippen LogP contribution >= 0.6 is 11.8 Å². The van der Waals surface area contributed by atoms with Crippen molar-refractivity contribution in [2.45, 2.75) is 83.2 Å². The Kier molecular flexibility index (Phi) is 12.0. The quantitative estimate of drug-likeness (QED) is 0.468. The minimum atomic E-state index is -0.407. The van der Waals surface area contributed by atoms with Gasteiger partial charge in [-0.2, -0.15) is 0 Å². The third-order valence-electron chi connectivity index (χ3n) is 3.92. The minimum Gasteiger partial charge on any atom is -0.380 e. The van der Waals surface area contributed by atoms with Crippen LogP contribution < -0.4 is 0 Å². The molecule has 136 valence electrons. The summed E-state index contributed by atoms with van der Waals surface area (Å²) in [4.78, 5) is 12.4. The van der Waals surface area contributed by atoms with Gasteiger partial charge in [-0.3, -0.25) is 4.79 Å². The smallest absolute Gasteiger partial charge is 0.220 e. The number of carbonyl (C=O) groups is 1. The van der Waals surface area contributed by atoms with Gasteiger partial charge in [-0.15, -0.1) is 0 Å². The number of hydrogen-bond acceptors (Lipinski definition) is 5. The molecule has 1 aliphatic heterocycles. The van der Waals surface area contributed by atoms with E-state index in [1.807, 2.05) is 0 Å². The van der Waals surface area contributed by atoms with E-state index in [1.165, 1.54) is 11.8 Å². The zero-order chi connectivity index (χ0) is 16.9. The lowest BCUT2D eigenvalue weighted by Gasteiger charge is -2.34. The van der Waals surface area contributed by atoms with Crippen LogP contribution in [0.4, 0.5) is 0 Å². The first-order valence-electron chi connectivity index (χ1n) is 9.24. The molecule has 3 atom stereocenters. The highest BCUT2D eigenvalue weighted by atomic mass is 32.2. The van der Waals surface area contributed by atoms with Crippen LogP contribution in [-0.4, -0.2) is 49.0 Å². The van der Waals surface area contributed by atoms with E-state index in [9.17, 15) is 4.79 Å². The van der Waals surface area contributed by atoms with Crippen molar-refractivity contribution in [1.82, 2.24) is 0 Å². The van der Waals surface area contributed by atoms with Crippen molar-refractivity contribution in [1.29, 1.82) is 0 Å². The maximum Gasteiger partial charge on any atom is 0.220 e. The Hall–Kier alpha value is -0.100. The Labute approximate surface area is 146 Å². The molecule has 5 heteroatoms. The predicted molar refractivity (Wildman–Crippen MR) is 96.0 cm³/mol. The molecule has 0 radical (unpaired) electrons. The van der Waals surface area contributed by atoms with Gasteiger partial charge in [0.1, 0.15) is 0 Å². The van der Waals surface area contributed by atoms with Crippen LogP contribution in [0.15, 0.2) is 0 Å². The molecular formula is C18H34O4S. The second-order valence-corrected chi connectivity index (χ2v) is 7.44. The lowest BCUT2D eigenvalue weighted by atomic mass is 10.1. The first-order valence-corrected chi connectivity index (χ1v) is 10.1. The van der Waals surface area contributed by atoms with Gasteiger partial charge in [0, 0.05) is 25.1 Å². The Morgan fingerprint density at radius 3 is 2.22 bits per heavy atom. The maximum atomic E-state index is 12.4. The highest BCUT2D eigenvalue weighted by Crippen LogP contribution is 2.31. The van der Waals surface area contributed by atoms with Gasteiger partial charge in [0.2, 0.25) is 5.12 Å². The van der Waals surface area contributed by atoms with E-state index in [-0.39, 0.29) is 16.5 Å². The van der Waals surface area contributed by atoms with Crippen molar-refractivity contribution < 1.29 is 19.0 Å². The molecule has 0 aromatic carbocycles. The van der Waals surface area contributed by atoms with Crippen LogP contribution in [0, 0.1) is 0 Å². The van der Waals surface area contributed by atoms with E-state index in [0.717, 1.165) is 51.6 Å². The topological polar surface area (TPSA) is 44.8 Å². The number of ether oxygens (including phenoxy) is 3. The standard InChI is InChI=1S/C18H34O4S/c1-4-7-10-20-14-15-13-16(21-11-8-5-2)17(18(19)23-15)22-12-9-6-3/h15-17H,4-14H2,1-3H3/t15-,16-,17+/m0/s1. The molecule has 4 nitrogen and oxygen atoms in total. The summed E-state index contributed by atoms with van der Waals surface area (Å²) >= 11 is 1.38. The first kappa shape index (κ1) is 20.9. The Bertz CT molecular complexity index is 311. The Morgan fingerprint density at radius 1 is 0.957 bits per heavy atom. The molecule has 0 bridgehead atoms. The lowest BCUT2D eigenvalue weighted by molar-refractivity contribution is -0.136. The van der Waals surface area contributed by atoms with Crippen LogP contribution in [0.3, 0.4) is 0 Å². The fraction of sp³-hybridized carbons (Fsp3) is 0.944. The van der Waals surface area contributed by atoms with Crippen molar-refractivity contribution in [3.8, 4) is 0 Å². The minimum absolute atomic E-state index is 0.109. The zero-order valence-electron chi connectivity index (χ0n) is 15.1. The summed E-state index contributed by atoms with van der Waals surface area (Å²) in [6, 6.07) is 0. The summed E-state index contributed by atoms with van der Waals surface area (Å²) in [6.07, 6.45) is 6.70. The highest BCUT2D eigenvalue weighted by Gasteiger charge is 2.39. The van der Waals surface area contributed by atoms with E-state index in [1.54, 1.807) is 0 Å². The van der Waals surface area contributed by atoms with Crippen molar-refractivity contribution in [3.63, 3.8) is 0 Å². The third-order valence-corrected chi connectivity index (χ3v) is 5.05. The van der Waals surface area contributed by atoms with Gasteiger partial charge in [-0.1, -0.05) is 51.8 Å². The Morgan fingerprint density at radius 2 is 1.57 bits per heavy atom. The second-order valence-electron chi connectivity index (χ2n) is 6.13. The maximum absolute atomic E-state index is 12.4. The molecule has 1 rings (SSSR count). The number of hydrogen-bond donors (Lipinski definition) is 0. The molecule has 0 aromatic rings. The van der Waals surface area contributed by atoms with Gasteiger partial charge in [-0.05, 0) is 25.7 Å². The SMILES string of the molecule is CCCCOC[C@@H]1C[C@H](OCCCC)[C@@H](OCCCC)C(=O)S1. The van der Waals surface area contributed by atoms with Gasteiger partial charge in [0.05, 0.1) is 12.7 Å². The molecule has 0 N–H and O–H groups in total. The van der Waals surface area contributed by atoms with Crippen LogP contribution in [0.5, 0.6) is 0 Å². The average Bonchev–Trinajstić information content (AvgIpc) is 2.54. The monoisotopic (exact) mass is 346 g/mol. The average molecular weight is 347 g/mol. The molecular weight excluding hydrogens is 312 g/mol. The summed E-state index contributed by atoms with van der Waals surface area (Å²) in [7, 11) is 0. The third kappa shape index (κ3) is 8.52. The lowest BCUT2D eigenvalue weighted by Crippen LogP contribution is -2.45. The van der Waals surface area contributed by atoms with Crippen LogP contribution in [-0.2, 0) is 19.0 Å². The van der Waals surface area contributed by atoms with Crippen molar-refractivity contribution >= 4 is 16.9 Å². The highest BCUT2D eigenvalue weighted by molar-refractivity contribution is 8.14. The van der Waals surface area contributed by atoms with E-state index < -0.39 is 6.10 Å². The normalized spacial score (nSPS) is 25.0. The number of thioether (sulfide) groups is 1. The van der Waals surface area contributed by atoms with Crippen LogP contribution in [0.1, 0.15) is 65.7 Å². The van der Waals surface area contributed by atoms with Crippen molar-refractivity contribution in [3.05, 3.63) is 0 Å². The molecule has 0 aliphatic carbocycles. The van der Waals surface area contributed by atoms with Crippen molar-refractivity contribution in [2.24, 2.45) is 0 Å². The van der Waals surface area contributed by atoms with E-state index in [4.69, 9.17) is 14.2 Å². The van der Waals surface area contributed by atoms with Gasteiger partial charge >= 0.3 is 0 Å². The summed E-state index contributed by atoms with van der Waals surface area (Å²) in [5.41, 5.74) is 0.